The second-order valence-electron chi connectivity index (χ2n) is 4.82. The summed E-state index contributed by atoms with van der Waals surface area (Å²) < 4.78 is 35.7. The van der Waals surface area contributed by atoms with E-state index in [-0.39, 0.29) is 10.8 Å². The summed E-state index contributed by atoms with van der Waals surface area (Å²) in [4.78, 5) is 11.9. The molecule has 1 amide bonds. The van der Waals surface area contributed by atoms with Crippen molar-refractivity contribution >= 4 is 33.3 Å². The zero-order chi connectivity index (χ0) is 15.9. The fraction of sp³-hybridized carbons (Fsp3) is 0. The van der Waals surface area contributed by atoms with Crippen molar-refractivity contribution in [3.63, 3.8) is 0 Å². The van der Waals surface area contributed by atoms with E-state index in [1.807, 2.05) is 0 Å². The minimum absolute atomic E-state index is 0.0167. The van der Waals surface area contributed by atoms with E-state index >= 15 is 0 Å². The largest absolute Gasteiger partial charge is 0.321 e. The average Bonchev–Trinajstić information content (AvgIpc) is 2.75. The Labute approximate surface area is 126 Å². The molecule has 0 fully saturated rings. The van der Waals surface area contributed by atoms with Crippen LogP contribution in [0.4, 0.5) is 10.1 Å². The Kier molecular flexibility index (Phi) is 3.31. The van der Waals surface area contributed by atoms with Crippen molar-refractivity contribution in [1.29, 1.82) is 0 Å². The Morgan fingerprint density at radius 1 is 1.09 bits per heavy atom. The van der Waals surface area contributed by atoms with Crippen LogP contribution < -0.4 is 10.5 Å². The summed E-state index contributed by atoms with van der Waals surface area (Å²) in [6, 6.07) is 9.78. The predicted octanol–water partition coefficient (Wildman–Crippen LogP) is 1.97. The molecule has 3 N–H and O–H groups in total. The smallest absolute Gasteiger partial charge is 0.256 e. The van der Waals surface area contributed by atoms with Crippen molar-refractivity contribution in [3.05, 3.63) is 59.4 Å². The Bertz CT molecular complexity index is 903. The number of fused-ring (bicyclic) bond motifs is 1. The zero-order valence-electron chi connectivity index (χ0n) is 11.2. The maximum Gasteiger partial charge on any atom is 0.256 e. The van der Waals surface area contributed by atoms with Crippen LogP contribution in [0.5, 0.6) is 0 Å². The van der Waals surface area contributed by atoms with Gasteiger partial charge < -0.3 is 5.32 Å². The first-order chi connectivity index (χ1) is 10.3. The van der Waals surface area contributed by atoms with Gasteiger partial charge in [-0.05, 0) is 42.0 Å². The van der Waals surface area contributed by atoms with Crippen LogP contribution in [-0.2, 0) is 14.8 Å². The SMILES string of the molecule is NS(=O)(=O)c1ccc(/C=C2\C(=O)Nc3ccc(F)cc32)cc1. The van der Waals surface area contributed by atoms with Crippen molar-refractivity contribution in [2.24, 2.45) is 5.14 Å². The number of carbonyl (C=O) groups is 1. The molecule has 7 heteroatoms. The molecular weight excluding hydrogens is 307 g/mol. The third-order valence-corrected chi connectivity index (χ3v) is 4.21. The molecule has 0 radical (unpaired) electrons. The Hall–Kier alpha value is -2.51. The highest BCUT2D eigenvalue weighted by Crippen LogP contribution is 2.33. The topological polar surface area (TPSA) is 89.3 Å². The maximum atomic E-state index is 13.3. The monoisotopic (exact) mass is 318 g/mol. The summed E-state index contributed by atoms with van der Waals surface area (Å²) in [5, 5.41) is 7.66. The van der Waals surface area contributed by atoms with Gasteiger partial charge in [-0.2, -0.15) is 0 Å². The van der Waals surface area contributed by atoms with Gasteiger partial charge in [0.2, 0.25) is 10.0 Å². The second kappa shape index (κ2) is 5.04. The Balaban J connectivity index is 2.03. The molecule has 1 heterocycles. The third kappa shape index (κ3) is 2.63. The molecule has 1 aliphatic heterocycles. The van der Waals surface area contributed by atoms with Crippen LogP contribution >= 0.6 is 0 Å². The van der Waals surface area contributed by atoms with Gasteiger partial charge in [-0.3, -0.25) is 4.79 Å². The highest BCUT2D eigenvalue weighted by Gasteiger charge is 2.24. The summed E-state index contributed by atoms with van der Waals surface area (Å²) >= 11 is 0. The number of nitrogens with one attached hydrogen (secondary N) is 1. The maximum absolute atomic E-state index is 13.3. The van der Waals surface area contributed by atoms with Gasteiger partial charge in [0, 0.05) is 16.8 Å². The van der Waals surface area contributed by atoms with Crippen LogP contribution in [0, 0.1) is 5.82 Å². The number of hydrogen-bond donors (Lipinski definition) is 2. The molecule has 0 saturated heterocycles. The first kappa shape index (κ1) is 14.4. The van der Waals surface area contributed by atoms with Crippen molar-refractivity contribution in [2.45, 2.75) is 4.90 Å². The summed E-state index contributed by atoms with van der Waals surface area (Å²) in [5.74, 6) is -0.776. The van der Waals surface area contributed by atoms with Gasteiger partial charge >= 0.3 is 0 Å². The van der Waals surface area contributed by atoms with Crippen molar-refractivity contribution < 1.29 is 17.6 Å². The van der Waals surface area contributed by atoms with Crippen LogP contribution in [0.2, 0.25) is 0 Å². The normalized spacial score (nSPS) is 15.7. The van der Waals surface area contributed by atoms with E-state index in [2.05, 4.69) is 5.32 Å². The van der Waals surface area contributed by atoms with Crippen LogP contribution in [0.15, 0.2) is 47.4 Å². The molecule has 0 unspecified atom stereocenters. The minimum Gasteiger partial charge on any atom is -0.321 e. The predicted molar refractivity (Wildman–Crippen MR) is 80.7 cm³/mol. The zero-order valence-corrected chi connectivity index (χ0v) is 12.0. The fourth-order valence-corrected chi connectivity index (χ4v) is 2.74. The summed E-state index contributed by atoms with van der Waals surface area (Å²) in [5.41, 5.74) is 1.94. The number of amides is 1. The number of primary sulfonamides is 1. The lowest BCUT2D eigenvalue weighted by Gasteiger charge is -2.01. The van der Waals surface area contributed by atoms with Crippen LogP contribution in [0.25, 0.3) is 11.6 Å². The average molecular weight is 318 g/mol. The Morgan fingerprint density at radius 3 is 2.41 bits per heavy atom. The molecule has 2 aromatic carbocycles. The molecule has 0 bridgehead atoms. The van der Waals surface area contributed by atoms with E-state index in [0.29, 0.717) is 22.4 Å². The van der Waals surface area contributed by atoms with Gasteiger partial charge in [-0.15, -0.1) is 0 Å². The highest BCUT2D eigenvalue weighted by molar-refractivity contribution is 7.89. The molecule has 1 aliphatic rings. The van der Waals surface area contributed by atoms with E-state index < -0.39 is 15.8 Å². The molecule has 0 saturated carbocycles. The Morgan fingerprint density at radius 2 is 1.77 bits per heavy atom. The number of rotatable bonds is 2. The lowest BCUT2D eigenvalue weighted by atomic mass is 10.0. The number of sulfonamides is 1. The van der Waals surface area contributed by atoms with Crippen LogP contribution in [0.3, 0.4) is 0 Å². The van der Waals surface area contributed by atoms with E-state index in [1.165, 1.54) is 42.5 Å². The number of anilines is 1. The second-order valence-corrected chi connectivity index (χ2v) is 6.38. The van der Waals surface area contributed by atoms with Crippen molar-refractivity contribution in [2.75, 3.05) is 5.32 Å². The van der Waals surface area contributed by atoms with Crippen molar-refractivity contribution in [1.82, 2.24) is 0 Å². The molecule has 5 nitrogen and oxygen atoms in total. The van der Waals surface area contributed by atoms with Gasteiger partial charge in [-0.1, -0.05) is 12.1 Å². The molecule has 112 valence electrons. The highest BCUT2D eigenvalue weighted by atomic mass is 32.2. The van der Waals surface area contributed by atoms with E-state index in [9.17, 15) is 17.6 Å². The summed E-state index contributed by atoms with van der Waals surface area (Å²) in [6.45, 7) is 0. The molecule has 0 atom stereocenters. The molecule has 0 aliphatic carbocycles. The first-order valence-electron chi connectivity index (χ1n) is 6.30. The summed E-state index contributed by atoms with van der Waals surface area (Å²) in [6.07, 6.45) is 1.56. The standard InChI is InChI=1S/C15H11FN2O3S/c16-10-3-6-14-12(8-10)13(15(19)18-14)7-9-1-4-11(5-2-9)22(17,20)21/h1-8H,(H,18,19)(H2,17,20,21)/b13-7-. The van der Waals surface area contributed by atoms with Gasteiger partial charge in [0.25, 0.3) is 5.91 Å². The first-order valence-corrected chi connectivity index (χ1v) is 7.85. The molecule has 22 heavy (non-hydrogen) atoms. The van der Waals surface area contributed by atoms with Gasteiger partial charge in [0.15, 0.2) is 0 Å². The van der Waals surface area contributed by atoms with Gasteiger partial charge in [0.1, 0.15) is 5.82 Å². The molecule has 3 rings (SSSR count). The number of halogens is 1. The summed E-state index contributed by atoms with van der Waals surface area (Å²) in [7, 11) is -3.76. The van der Waals surface area contributed by atoms with Gasteiger partial charge in [-0.25, -0.2) is 17.9 Å². The van der Waals surface area contributed by atoms with Gasteiger partial charge in [0.05, 0.1) is 4.90 Å². The van der Waals surface area contributed by atoms with E-state index in [1.54, 1.807) is 6.08 Å². The fourth-order valence-electron chi connectivity index (χ4n) is 2.22. The van der Waals surface area contributed by atoms with E-state index in [0.717, 1.165) is 0 Å². The van der Waals surface area contributed by atoms with Crippen LogP contribution in [-0.4, -0.2) is 14.3 Å². The number of carbonyl (C=O) groups excluding carboxylic acids is 1. The number of benzene rings is 2. The quantitative estimate of drug-likeness (QED) is 0.830. The number of hydrogen-bond acceptors (Lipinski definition) is 3. The lowest BCUT2D eigenvalue weighted by molar-refractivity contribution is -0.110. The lowest BCUT2D eigenvalue weighted by Crippen LogP contribution is -2.11. The molecule has 2 aromatic rings. The number of nitrogens with two attached hydrogens (primary N) is 1. The molecular formula is C15H11FN2O3S. The van der Waals surface area contributed by atoms with E-state index in [4.69, 9.17) is 5.14 Å². The van der Waals surface area contributed by atoms with Crippen LogP contribution in [0.1, 0.15) is 11.1 Å². The van der Waals surface area contributed by atoms with Crippen molar-refractivity contribution in [3.8, 4) is 0 Å². The molecule has 0 spiro atoms. The minimum atomic E-state index is -3.76. The molecule has 0 aromatic heterocycles. The third-order valence-electron chi connectivity index (χ3n) is 3.28.